The molecular formula is C30H27N5. The van der Waals surface area contributed by atoms with Gasteiger partial charge in [-0.1, -0.05) is 0 Å². The maximum Gasteiger partial charge on any atom is 0.0721 e. The Kier molecular flexibility index (Phi) is 3.97. The minimum atomic E-state index is 1.000. The lowest BCUT2D eigenvalue weighted by atomic mass is 10.1. The molecule has 0 atom stereocenters. The van der Waals surface area contributed by atoms with Crippen molar-refractivity contribution in [2.24, 2.45) is 4.99 Å². The monoisotopic (exact) mass is 457 g/mol. The molecule has 5 aromatic rings. The van der Waals surface area contributed by atoms with Gasteiger partial charge in [0, 0.05) is 27.4 Å². The Labute approximate surface area is 202 Å². The second-order valence-corrected chi connectivity index (χ2v) is 9.79. The maximum absolute atomic E-state index is 5.03. The third-order valence-electron chi connectivity index (χ3n) is 7.86. The molecule has 0 radical (unpaired) electrons. The maximum atomic E-state index is 5.03. The van der Waals surface area contributed by atoms with Crippen molar-refractivity contribution in [3.8, 4) is 0 Å². The first-order valence-electron chi connectivity index (χ1n) is 12.1. The van der Waals surface area contributed by atoms with Crippen LogP contribution in [0.2, 0.25) is 0 Å². The fourth-order valence-electron chi connectivity index (χ4n) is 5.52. The van der Waals surface area contributed by atoms with Crippen molar-refractivity contribution in [3.05, 3.63) is 99.0 Å². The summed E-state index contributed by atoms with van der Waals surface area (Å²) in [6.45, 7) is 10.8. The van der Waals surface area contributed by atoms with Gasteiger partial charge in [0.15, 0.2) is 0 Å². The summed E-state index contributed by atoms with van der Waals surface area (Å²) >= 11 is 0. The summed E-state index contributed by atoms with van der Waals surface area (Å²) in [5, 5.41) is 3.33. The van der Waals surface area contributed by atoms with Gasteiger partial charge in [-0.25, -0.2) is 4.99 Å². The third-order valence-corrected chi connectivity index (χ3v) is 7.86. The molecule has 35 heavy (non-hydrogen) atoms. The molecule has 0 amide bonds. The summed E-state index contributed by atoms with van der Waals surface area (Å²) in [4.78, 5) is 16.0. The highest BCUT2D eigenvalue weighted by atomic mass is 15.0. The molecule has 5 aromatic heterocycles. The smallest absolute Gasteiger partial charge is 0.0721 e. The summed E-state index contributed by atoms with van der Waals surface area (Å²) < 4.78 is 2.37. The minimum Gasteiger partial charge on any atom is -0.355 e. The molecule has 172 valence electrons. The quantitative estimate of drug-likeness (QED) is 0.307. The van der Waals surface area contributed by atoms with Crippen molar-refractivity contribution in [3.63, 3.8) is 0 Å². The van der Waals surface area contributed by atoms with Crippen molar-refractivity contribution < 1.29 is 0 Å². The lowest BCUT2D eigenvalue weighted by molar-refractivity contribution is 1.21. The van der Waals surface area contributed by atoms with E-state index in [-0.39, 0.29) is 0 Å². The van der Waals surface area contributed by atoms with E-state index in [0.29, 0.717) is 0 Å². The summed E-state index contributed by atoms with van der Waals surface area (Å²) in [6, 6.07) is 15.4. The number of rotatable bonds is 0. The van der Waals surface area contributed by atoms with Gasteiger partial charge in [-0.15, -0.1) is 0 Å². The Morgan fingerprint density at radius 3 is 2.11 bits per heavy atom. The first-order valence-corrected chi connectivity index (χ1v) is 12.1. The molecule has 7 heterocycles. The van der Waals surface area contributed by atoms with E-state index < -0.39 is 0 Å². The molecule has 2 aliphatic rings. The van der Waals surface area contributed by atoms with Crippen molar-refractivity contribution in [1.29, 1.82) is 0 Å². The Bertz CT molecular complexity index is 1990. The number of fused-ring (bicyclic) bond motifs is 6. The topological polar surface area (TPSA) is 64.1 Å². The van der Waals surface area contributed by atoms with Gasteiger partial charge in [0.25, 0.3) is 0 Å². The molecule has 0 saturated carbocycles. The van der Waals surface area contributed by atoms with Crippen LogP contribution in [-0.4, -0.2) is 25.1 Å². The standard InChI is InChI=1S/C30H27N5/c1-15-20-6-7-21(31-20)16(2)23-10-11-25(33-23)18(4)27-12-13-28-19(5)30-29(35(27)28)14-26(34-30)17(3)24-9-8-22(15)32-24/h6-14,31-32,34H,1-5H3. The summed E-state index contributed by atoms with van der Waals surface area (Å²) in [5.74, 6) is 0. The number of allylic oxidation sites excluding steroid dienone is 3. The van der Waals surface area contributed by atoms with Crippen LogP contribution in [0.25, 0.3) is 38.8 Å². The molecule has 8 bridgehead atoms. The number of aliphatic imine (C=N–C) groups is 1. The van der Waals surface area contributed by atoms with Crippen LogP contribution in [0, 0.1) is 6.92 Å². The second kappa shape index (κ2) is 6.89. The Hall–Kier alpha value is -4.25. The van der Waals surface area contributed by atoms with Gasteiger partial charge < -0.3 is 19.4 Å². The predicted octanol–water partition coefficient (Wildman–Crippen LogP) is 4.47. The van der Waals surface area contributed by atoms with Gasteiger partial charge >= 0.3 is 0 Å². The first kappa shape index (κ1) is 20.2. The highest BCUT2D eigenvalue weighted by Crippen LogP contribution is 2.32. The summed E-state index contributed by atoms with van der Waals surface area (Å²) in [6.07, 6.45) is 4.26. The van der Waals surface area contributed by atoms with Crippen molar-refractivity contribution in [2.45, 2.75) is 34.6 Å². The van der Waals surface area contributed by atoms with Crippen molar-refractivity contribution >= 4 is 44.6 Å². The zero-order valence-electron chi connectivity index (χ0n) is 20.6. The van der Waals surface area contributed by atoms with Gasteiger partial charge in [0.2, 0.25) is 0 Å². The molecule has 5 heteroatoms. The minimum absolute atomic E-state index is 1.000. The average molecular weight is 458 g/mol. The second-order valence-electron chi connectivity index (χ2n) is 9.79. The molecule has 7 rings (SSSR count). The largest absolute Gasteiger partial charge is 0.355 e. The number of aryl methyl sites for hydroxylation is 1. The molecule has 0 aromatic carbocycles. The zero-order valence-corrected chi connectivity index (χ0v) is 20.6. The van der Waals surface area contributed by atoms with E-state index in [9.17, 15) is 0 Å². The normalized spacial score (nSPS) is 15.9. The van der Waals surface area contributed by atoms with Gasteiger partial charge in [-0.2, -0.15) is 0 Å². The van der Waals surface area contributed by atoms with E-state index in [2.05, 4.69) is 109 Å². The fraction of sp³-hybridized carbons (Fsp3) is 0.167. The van der Waals surface area contributed by atoms with E-state index in [1.54, 1.807) is 0 Å². The number of aromatic amines is 3. The SMILES string of the molecule is CC1=C2C=CC(=N2)C(C)=c2ccc([nH]2)=C(C)c2ccc([nH]2)C(C)=c2cc3c([nH]2)c(C)c2ccc1n23. The van der Waals surface area contributed by atoms with Gasteiger partial charge in [0.05, 0.1) is 33.7 Å². The van der Waals surface area contributed by atoms with Crippen LogP contribution in [0.1, 0.15) is 50.3 Å². The highest BCUT2D eigenvalue weighted by Gasteiger charge is 2.19. The highest BCUT2D eigenvalue weighted by molar-refractivity contribution is 6.25. The molecule has 0 saturated heterocycles. The van der Waals surface area contributed by atoms with E-state index >= 15 is 0 Å². The lowest BCUT2D eigenvalue weighted by Gasteiger charge is -2.04. The molecule has 2 aliphatic heterocycles. The van der Waals surface area contributed by atoms with Crippen LogP contribution >= 0.6 is 0 Å². The Morgan fingerprint density at radius 2 is 1.34 bits per heavy atom. The molecule has 0 aliphatic carbocycles. The van der Waals surface area contributed by atoms with Crippen LogP contribution in [-0.2, 0) is 0 Å². The predicted molar refractivity (Wildman–Crippen MR) is 145 cm³/mol. The van der Waals surface area contributed by atoms with E-state index in [1.165, 1.54) is 44.5 Å². The number of hydrogen-bond acceptors (Lipinski definition) is 1. The molecule has 0 spiro atoms. The van der Waals surface area contributed by atoms with Gasteiger partial charge in [-0.05, 0) is 117 Å². The number of nitrogens with one attached hydrogen (secondary N) is 3. The molecular weight excluding hydrogens is 430 g/mol. The molecule has 0 unspecified atom stereocenters. The van der Waals surface area contributed by atoms with Crippen LogP contribution in [0.3, 0.4) is 0 Å². The van der Waals surface area contributed by atoms with Crippen molar-refractivity contribution in [2.75, 3.05) is 0 Å². The molecule has 3 N–H and O–H groups in total. The van der Waals surface area contributed by atoms with E-state index in [1.807, 2.05) is 0 Å². The van der Waals surface area contributed by atoms with Gasteiger partial charge in [-0.3, -0.25) is 0 Å². The van der Waals surface area contributed by atoms with E-state index in [0.717, 1.165) is 44.4 Å². The van der Waals surface area contributed by atoms with Gasteiger partial charge in [0.1, 0.15) is 0 Å². The lowest BCUT2D eigenvalue weighted by Crippen LogP contribution is -2.16. The van der Waals surface area contributed by atoms with Crippen LogP contribution < -0.4 is 16.0 Å². The Morgan fingerprint density at radius 1 is 0.629 bits per heavy atom. The number of hydrogen-bond donors (Lipinski definition) is 3. The third kappa shape index (κ3) is 2.72. The summed E-state index contributed by atoms with van der Waals surface area (Å²) in [5.41, 5.74) is 15.0. The van der Waals surface area contributed by atoms with Crippen molar-refractivity contribution in [1.82, 2.24) is 19.4 Å². The molecule has 0 fully saturated rings. The molecule has 5 nitrogen and oxygen atoms in total. The van der Waals surface area contributed by atoms with Crippen LogP contribution in [0.4, 0.5) is 0 Å². The van der Waals surface area contributed by atoms with E-state index in [4.69, 9.17) is 4.99 Å². The number of aromatic nitrogens is 4. The number of H-pyrrole nitrogens is 3. The van der Waals surface area contributed by atoms with Crippen LogP contribution in [0.15, 0.2) is 65.3 Å². The zero-order chi connectivity index (χ0) is 24.0. The average Bonchev–Trinajstić information content (AvgIpc) is 3.68. The van der Waals surface area contributed by atoms with Crippen LogP contribution in [0.5, 0.6) is 0 Å². The summed E-state index contributed by atoms with van der Waals surface area (Å²) in [7, 11) is 0. The Balaban J connectivity index is 1.63. The fourth-order valence-corrected chi connectivity index (χ4v) is 5.52. The first-order chi connectivity index (χ1) is 16.9. The number of nitrogens with zero attached hydrogens (tertiary/aromatic N) is 2.